The van der Waals surface area contributed by atoms with Gasteiger partial charge in [0.2, 0.25) is 0 Å². The molecule has 0 radical (unpaired) electrons. The van der Waals surface area contributed by atoms with Crippen molar-refractivity contribution in [1.82, 2.24) is 0 Å². The maximum Gasteiger partial charge on any atom is 0.282 e. The molecule has 150 valence electrons. The highest BCUT2D eigenvalue weighted by atomic mass is 16.5. The number of benzene rings is 2. The number of quaternary nitrogens is 1. The number of anilines is 1. The number of morpholine rings is 1. The summed E-state index contributed by atoms with van der Waals surface area (Å²) in [5.41, 5.74) is 2.06. The normalized spacial score (nSPS) is 24.4. The average Bonchev–Trinajstić information content (AvgIpc) is 2.70. The molecule has 1 aliphatic heterocycles. The van der Waals surface area contributed by atoms with Crippen LogP contribution < -0.4 is 10.2 Å². The fourth-order valence-electron chi connectivity index (χ4n) is 4.28. The van der Waals surface area contributed by atoms with Gasteiger partial charge in [0.15, 0.2) is 17.6 Å². The van der Waals surface area contributed by atoms with E-state index in [1.807, 2.05) is 20.8 Å². The van der Waals surface area contributed by atoms with Crippen LogP contribution in [0, 0.1) is 0 Å². The van der Waals surface area contributed by atoms with Crippen molar-refractivity contribution < 1.29 is 24.0 Å². The maximum atomic E-state index is 12.9. The van der Waals surface area contributed by atoms with Crippen LogP contribution in [0.25, 0.3) is 0 Å². The van der Waals surface area contributed by atoms with E-state index in [2.05, 4.69) is 5.32 Å². The molecule has 2 aliphatic rings. The predicted octanol–water partition coefficient (Wildman–Crippen LogP) is 1.48. The molecule has 0 bridgehead atoms. The Morgan fingerprint density at radius 3 is 2.14 bits per heavy atom. The van der Waals surface area contributed by atoms with Gasteiger partial charge in [-0.3, -0.25) is 14.4 Å². The lowest BCUT2D eigenvalue weighted by Crippen LogP contribution is -3.19. The molecule has 1 amide bonds. The zero-order valence-corrected chi connectivity index (χ0v) is 16.8. The van der Waals surface area contributed by atoms with Crippen molar-refractivity contribution in [1.29, 1.82) is 0 Å². The van der Waals surface area contributed by atoms with E-state index in [1.165, 1.54) is 4.90 Å². The lowest BCUT2D eigenvalue weighted by molar-refractivity contribution is -0.928. The largest absolute Gasteiger partial charge is 0.364 e. The van der Waals surface area contributed by atoms with Crippen molar-refractivity contribution in [3.63, 3.8) is 0 Å². The lowest BCUT2D eigenvalue weighted by Gasteiger charge is -2.35. The first-order valence-corrected chi connectivity index (χ1v) is 9.98. The highest BCUT2D eigenvalue weighted by Gasteiger charge is 2.34. The van der Waals surface area contributed by atoms with Gasteiger partial charge in [0, 0.05) is 27.9 Å². The van der Waals surface area contributed by atoms with E-state index in [4.69, 9.17) is 4.74 Å². The standard InChI is InChI=1S/C23H24N2O4/c1-13-11-25(12-14(2)29-13)15(3)23(28)24-16-8-9-19-20(10-16)22(27)18-7-5-4-6-17(18)21(19)26/h4-10,13-15H,11-12H2,1-3H3,(H,24,28)/p+1/t13-,14-,15+/m1/s1. The molecule has 1 heterocycles. The number of fused-ring (bicyclic) bond motifs is 2. The molecule has 2 N–H and O–H groups in total. The van der Waals surface area contributed by atoms with E-state index in [9.17, 15) is 14.4 Å². The van der Waals surface area contributed by atoms with Crippen LogP contribution in [0.4, 0.5) is 5.69 Å². The highest BCUT2D eigenvalue weighted by molar-refractivity contribution is 6.28. The Labute approximate surface area is 169 Å². The third-order valence-corrected chi connectivity index (χ3v) is 5.76. The maximum absolute atomic E-state index is 12.9. The molecule has 1 fully saturated rings. The van der Waals surface area contributed by atoms with Crippen LogP contribution in [0.3, 0.4) is 0 Å². The van der Waals surface area contributed by atoms with E-state index in [0.717, 1.165) is 13.1 Å². The van der Waals surface area contributed by atoms with Gasteiger partial charge in [-0.15, -0.1) is 0 Å². The Bertz CT molecular complexity index is 990. The number of carbonyl (C=O) groups excluding carboxylic acids is 3. The van der Waals surface area contributed by atoms with Crippen LogP contribution in [-0.4, -0.2) is 48.8 Å². The van der Waals surface area contributed by atoms with E-state index in [-0.39, 0.29) is 35.7 Å². The second-order valence-corrected chi connectivity index (χ2v) is 8.00. The van der Waals surface area contributed by atoms with Crippen molar-refractivity contribution in [2.75, 3.05) is 18.4 Å². The number of hydrogen-bond donors (Lipinski definition) is 2. The fourth-order valence-corrected chi connectivity index (χ4v) is 4.28. The Morgan fingerprint density at radius 1 is 0.966 bits per heavy atom. The smallest absolute Gasteiger partial charge is 0.282 e. The molecule has 29 heavy (non-hydrogen) atoms. The van der Waals surface area contributed by atoms with Crippen LogP contribution in [0.5, 0.6) is 0 Å². The summed E-state index contributed by atoms with van der Waals surface area (Å²) in [6.45, 7) is 7.48. The summed E-state index contributed by atoms with van der Waals surface area (Å²) in [5, 5.41) is 2.91. The SMILES string of the molecule is C[C@@H]1C[NH+]([C@@H](C)C(=O)Nc2ccc3c(c2)C(=O)c2ccccc2C3=O)C[C@@H](C)O1. The Kier molecular flexibility index (Phi) is 5.06. The molecule has 2 aromatic rings. The van der Waals surface area contributed by atoms with Crippen molar-refractivity contribution in [2.45, 2.75) is 39.0 Å². The van der Waals surface area contributed by atoms with Crippen molar-refractivity contribution >= 4 is 23.2 Å². The molecule has 2 aromatic carbocycles. The van der Waals surface area contributed by atoms with Gasteiger partial charge < -0.3 is 15.0 Å². The first-order valence-electron chi connectivity index (χ1n) is 9.98. The Balaban J connectivity index is 1.54. The van der Waals surface area contributed by atoms with Crippen LogP contribution in [-0.2, 0) is 9.53 Å². The monoisotopic (exact) mass is 393 g/mol. The fraction of sp³-hybridized carbons (Fsp3) is 0.348. The molecule has 0 spiro atoms. The van der Waals surface area contributed by atoms with Gasteiger partial charge in [0.25, 0.3) is 5.91 Å². The van der Waals surface area contributed by atoms with E-state index >= 15 is 0 Å². The minimum absolute atomic E-state index is 0.108. The summed E-state index contributed by atoms with van der Waals surface area (Å²) in [7, 11) is 0. The molecular weight excluding hydrogens is 368 g/mol. The molecular formula is C23H25N2O4+. The van der Waals surface area contributed by atoms with Crippen molar-refractivity contribution in [3.8, 4) is 0 Å². The molecule has 0 unspecified atom stereocenters. The third-order valence-electron chi connectivity index (χ3n) is 5.76. The first-order chi connectivity index (χ1) is 13.8. The van der Waals surface area contributed by atoms with Gasteiger partial charge in [-0.25, -0.2) is 0 Å². The van der Waals surface area contributed by atoms with Gasteiger partial charge in [-0.05, 0) is 39.0 Å². The summed E-state index contributed by atoms with van der Waals surface area (Å²) >= 11 is 0. The topological polar surface area (TPSA) is 76.9 Å². The molecule has 0 aromatic heterocycles. The zero-order valence-electron chi connectivity index (χ0n) is 16.8. The van der Waals surface area contributed by atoms with Crippen LogP contribution >= 0.6 is 0 Å². The minimum Gasteiger partial charge on any atom is -0.364 e. The second kappa shape index (κ2) is 7.54. The Morgan fingerprint density at radius 2 is 1.52 bits per heavy atom. The summed E-state index contributed by atoms with van der Waals surface area (Å²) in [6, 6.07) is 11.5. The number of nitrogens with one attached hydrogen (secondary N) is 2. The van der Waals surface area contributed by atoms with Crippen LogP contribution in [0.2, 0.25) is 0 Å². The second-order valence-electron chi connectivity index (χ2n) is 8.00. The van der Waals surface area contributed by atoms with E-state index < -0.39 is 0 Å². The number of carbonyl (C=O) groups is 3. The first kappa shape index (κ1) is 19.5. The number of ether oxygens (including phenoxy) is 1. The number of ketones is 2. The highest BCUT2D eigenvalue weighted by Crippen LogP contribution is 2.29. The predicted molar refractivity (Wildman–Crippen MR) is 109 cm³/mol. The summed E-state index contributed by atoms with van der Waals surface area (Å²) in [6.07, 6.45) is 0.216. The number of rotatable bonds is 3. The molecule has 6 nitrogen and oxygen atoms in total. The molecule has 6 heteroatoms. The third kappa shape index (κ3) is 3.61. The molecule has 4 rings (SSSR count). The van der Waals surface area contributed by atoms with Crippen molar-refractivity contribution in [2.24, 2.45) is 0 Å². The number of amides is 1. The zero-order chi connectivity index (χ0) is 20.7. The van der Waals surface area contributed by atoms with Crippen molar-refractivity contribution in [3.05, 3.63) is 64.7 Å². The summed E-state index contributed by atoms with van der Waals surface area (Å²) in [5.74, 6) is -0.473. The van der Waals surface area contributed by atoms with Gasteiger partial charge in [0.1, 0.15) is 25.3 Å². The molecule has 1 aliphatic carbocycles. The van der Waals surface area contributed by atoms with Gasteiger partial charge >= 0.3 is 0 Å². The van der Waals surface area contributed by atoms with E-state index in [0.29, 0.717) is 27.9 Å². The molecule has 1 saturated heterocycles. The van der Waals surface area contributed by atoms with Gasteiger partial charge in [-0.1, -0.05) is 24.3 Å². The molecule has 3 atom stereocenters. The summed E-state index contributed by atoms with van der Waals surface area (Å²) in [4.78, 5) is 39.6. The lowest BCUT2D eigenvalue weighted by atomic mass is 9.84. The number of hydrogen-bond acceptors (Lipinski definition) is 4. The van der Waals surface area contributed by atoms with Crippen LogP contribution in [0.15, 0.2) is 42.5 Å². The Hall–Kier alpha value is -2.83. The summed E-state index contributed by atoms with van der Waals surface area (Å²) < 4.78 is 5.76. The average molecular weight is 393 g/mol. The quantitative estimate of drug-likeness (QED) is 0.707. The molecule has 0 saturated carbocycles. The van der Waals surface area contributed by atoms with Gasteiger partial charge in [-0.2, -0.15) is 0 Å². The minimum atomic E-state index is -0.252. The van der Waals surface area contributed by atoms with E-state index in [1.54, 1.807) is 42.5 Å². The van der Waals surface area contributed by atoms with Gasteiger partial charge in [0.05, 0.1) is 0 Å². The van der Waals surface area contributed by atoms with Crippen LogP contribution in [0.1, 0.15) is 52.6 Å².